The van der Waals surface area contributed by atoms with Crippen molar-refractivity contribution in [1.29, 1.82) is 0 Å². The van der Waals surface area contributed by atoms with Crippen molar-refractivity contribution < 1.29 is 4.39 Å². The zero-order valence-corrected chi connectivity index (χ0v) is 11.8. The number of piperazine rings is 1. The largest absolute Gasteiger partial charge is 0.309 e. The van der Waals surface area contributed by atoms with E-state index in [1.165, 1.54) is 18.4 Å². The van der Waals surface area contributed by atoms with E-state index in [-0.39, 0.29) is 11.4 Å². The van der Waals surface area contributed by atoms with Crippen molar-refractivity contribution in [3.8, 4) is 0 Å². The van der Waals surface area contributed by atoms with Crippen LogP contribution >= 0.6 is 0 Å². The van der Waals surface area contributed by atoms with Crippen LogP contribution in [0.1, 0.15) is 32.3 Å². The van der Waals surface area contributed by atoms with E-state index in [2.05, 4.69) is 24.1 Å². The van der Waals surface area contributed by atoms with Gasteiger partial charge >= 0.3 is 0 Å². The summed E-state index contributed by atoms with van der Waals surface area (Å²) in [6.45, 7) is 7.60. The Labute approximate surface area is 115 Å². The first-order chi connectivity index (χ1) is 9.03. The predicted molar refractivity (Wildman–Crippen MR) is 75.4 cm³/mol. The first kappa shape index (κ1) is 13.1. The van der Waals surface area contributed by atoms with Crippen molar-refractivity contribution in [2.75, 3.05) is 13.1 Å². The van der Waals surface area contributed by atoms with E-state index >= 15 is 0 Å². The molecule has 0 amide bonds. The Kier molecular flexibility index (Phi) is 3.35. The van der Waals surface area contributed by atoms with Crippen LogP contribution in [0.4, 0.5) is 4.39 Å². The second kappa shape index (κ2) is 4.88. The topological polar surface area (TPSA) is 15.3 Å². The molecule has 1 aromatic carbocycles. The Morgan fingerprint density at radius 2 is 1.95 bits per heavy atom. The third-order valence-corrected chi connectivity index (χ3v) is 4.32. The summed E-state index contributed by atoms with van der Waals surface area (Å²) >= 11 is 0. The van der Waals surface area contributed by atoms with Crippen LogP contribution in [-0.2, 0) is 6.54 Å². The fraction of sp³-hybridized carbons (Fsp3) is 0.625. The molecule has 2 nitrogen and oxygen atoms in total. The lowest BCUT2D eigenvalue weighted by atomic mass is 9.96. The molecule has 1 heterocycles. The van der Waals surface area contributed by atoms with Crippen LogP contribution in [0.3, 0.4) is 0 Å². The molecule has 104 valence electrons. The summed E-state index contributed by atoms with van der Waals surface area (Å²) in [7, 11) is 0. The van der Waals surface area contributed by atoms with Gasteiger partial charge in [-0.2, -0.15) is 0 Å². The standard InChI is InChI=1S/C16H23FN2/c1-16(2)11-19(15(9-18-16)13-5-6-13)10-12-3-7-14(17)8-4-12/h3-4,7-8,13,15,18H,5-6,9-11H2,1-2H3. The molecular formula is C16H23FN2. The molecule has 1 aliphatic carbocycles. The third kappa shape index (κ3) is 3.15. The van der Waals surface area contributed by atoms with E-state index < -0.39 is 0 Å². The monoisotopic (exact) mass is 262 g/mol. The van der Waals surface area contributed by atoms with Crippen molar-refractivity contribution in [2.45, 2.75) is 44.8 Å². The van der Waals surface area contributed by atoms with Gasteiger partial charge in [0, 0.05) is 31.2 Å². The van der Waals surface area contributed by atoms with E-state index in [4.69, 9.17) is 0 Å². The minimum Gasteiger partial charge on any atom is -0.309 e. The van der Waals surface area contributed by atoms with E-state index in [1.807, 2.05) is 12.1 Å². The molecule has 1 saturated carbocycles. The highest BCUT2D eigenvalue weighted by Gasteiger charge is 2.40. The molecule has 0 bridgehead atoms. The number of rotatable bonds is 3. The summed E-state index contributed by atoms with van der Waals surface area (Å²) in [5.41, 5.74) is 1.38. The summed E-state index contributed by atoms with van der Waals surface area (Å²) in [6, 6.07) is 7.60. The molecule has 1 atom stereocenters. The normalized spacial score (nSPS) is 27.4. The third-order valence-electron chi connectivity index (χ3n) is 4.32. The number of hydrogen-bond acceptors (Lipinski definition) is 2. The molecule has 0 spiro atoms. The van der Waals surface area contributed by atoms with Gasteiger partial charge in [-0.05, 0) is 50.3 Å². The van der Waals surface area contributed by atoms with Gasteiger partial charge in [0.15, 0.2) is 0 Å². The summed E-state index contributed by atoms with van der Waals surface area (Å²) in [6.07, 6.45) is 2.74. The fourth-order valence-corrected chi connectivity index (χ4v) is 3.13. The van der Waals surface area contributed by atoms with Crippen LogP contribution in [0.15, 0.2) is 24.3 Å². The number of hydrogen-bond donors (Lipinski definition) is 1. The average Bonchev–Trinajstić information content (AvgIpc) is 3.15. The molecule has 0 radical (unpaired) electrons. The Morgan fingerprint density at radius 1 is 1.26 bits per heavy atom. The molecule has 3 rings (SSSR count). The molecule has 2 aliphatic rings. The minimum atomic E-state index is -0.150. The summed E-state index contributed by atoms with van der Waals surface area (Å²) in [5, 5.41) is 3.65. The molecule has 1 aromatic rings. The molecule has 2 fully saturated rings. The maximum Gasteiger partial charge on any atom is 0.123 e. The average molecular weight is 262 g/mol. The van der Waals surface area contributed by atoms with E-state index in [1.54, 1.807) is 12.1 Å². The lowest BCUT2D eigenvalue weighted by molar-refractivity contribution is 0.0759. The second-order valence-corrected chi connectivity index (χ2v) is 6.70. The first-order valence-electron chi connectivity index (χ1n) is 7.27. The summed E-state index contributed by atoms with van der Waals surface area (Å²) in [4.78, 5) is 2.58. The Hall–Kier alpha value is -0.930. The fourth-order valence-electron chi connectivity index (χ4n) is 3.13. The number of nitrogens with zero attached hydrogens (tertiary/aromatic N) is 1. The highest BCUT2D eigenvalue weighted by molar-refractivity contribution is 5.16. The molecule has 1 saturated heterocycles. The van der Waals surface area contributed by atoms with E-state index in [0.717, 1.165) is 25.6 Å². The maximum absolute atomic E-state index is 13.0. The van der Waals surface area contributed by atoms with Gasteiger partial charge in [0.2, 0.25) is 0 Å². The summed E-state index contributed by atoms with van der Waals surface area (Å²) in [5.74, 6) is 0.715. The van der Waals surface area contributed by atoms with E-state index in [0.29, 0.717) is 6.04 Å². The second-order valence-electron chi connectivity index (χ2n) is 6.70. The quantitative estimate of drug-likeness (QED) is 0.901. The molecule has 0 aromatic heterocycles. The lowest BCUT2D eigenvalue weighted by Crippen LogP contribution is -2.61. The number of nitrogens with one attached hydrogen (secondary N) is 1. The lowest BCUT2D eigenvalue weighted by Gasteiger charge is -2.45. The van der Waals surface area contributed by atoms with Crippen LogP contribution < -0.4 is 5.32 Å². The smallest absolute Gasteiger partial charge is 0.123 e. The molecule has 1 aliphatic heterocycles. The van der Waals surface area contributed by atoms with E-state index in [9.17, 15) is 4.39 Å². The molecule has 1 N–H and O–H groups in total. The Balaban J connectivity index is 1.73. The molecule has 19 heavy (non-hydrogen) atoms. The number of benzene rings is 1. The van der Waals surface area contributed by atoms with Gasteiger partial charge in [0.25, 0.3) is 0 Å². The zero-order chi connectivity index (χ0) is 13.5. The van der Waals surface area contributed by atoms with Gasteiger partial charge in [-0.3, -0.25) is 4.90 Å². The van der Waals surface area contributed by atoms with Gasteiger partial charge in [-0.25, -0.2) is 4.39 Å². The van der Waals surface area contributed by atoms with Gasteiger partial charge in [0.1, 0.15) is 5.82 Å². The minimum absolute atomic E-state index is 0.150. The van der Waals surface area contributed by atoms with Crippen molar-refractivity contribution in [1.82, 2.24) is 10.2 Å². The molecule has 3 heteroatoms. The van der Waals surface area contributed by atoms with Crippen LogP contribution in [0.25, 0.3) is 0 Å². The van der Waals surface area contributed by atoms with Gasteiger partial charge < -0.3 is 5.32 Å². The van der Waals surface area contributed by atoms with Crippen molar-refractivity contribution in [2.24, 2.45) is 5.92 Å². The maximum atomic E-state index is 13.0. The van der Waals surface area contributed by atoms with Gasteiger partial charge in [-0.1, -0.05) is 12.1 Å². The molecular weight excluding hydrogens is 239 g/mol. The first-order valence-corrected chi connectivity index (χ1v) is 7.27. The van der Waals surface area contributed by atoms with Crippen LogP contribution in [0.2, 0.25) is 0 Å². The molecule has 1 unspecified atom stereocenters. The number of halogens is 1. The predicted octanol–water partition coefficient (Wildman–Crippen LogP) is 2.79. The van der Waals surface area contributed by atoms with Gasteiger partial charge in [-0.15, -0.1) is 0 Å². The zero-order valence-electron chi connectivity index (χ0n) is 11.8. The summed E-state index contributed by atoms with van der Waals surface area (Å²) < 4.78 is 13.0. The van der Waals surface area contributed by atoms with Gasteiger partial charge in [0.05, 0.1) is 0 Å². The SMILES string of the molecule is CC1(C)CN(Cc2ccc(F)cc2)C(C2CC2)CN1. The van der Waals surface area contributed by atoms with Crippen molar-refractivity contribution in [3.63, 3.8) is 0 Å². The highest BCUT2D eigenvalue weighted by atomic mass is 19.1. The van der Waals surface area contributed by atoms with Crippen molar-refractivity contribution in [3.05, 3.63) is 35.6 Å². The van der Waals surface area contributed by atoms with Crippen LogP contribution in [-0.4, -0.2) is 29.6 Å². The Bertz CT molecular complexity index is 437. The van der Waals surface area contributed by atoms with Crippen LogP contribution in [0, 0.1) is 11.7 Å². The highest BCUT2D eigenvalue weighted by Crippen LogP contribution is 2.37. The van der Waals surface area contributed by atoms with Crippen molar-refractivity contribution >= 4 is 0 Å². The Morgan fingerprint density at radius 3 is 2.58 bits per heavy atom. The van der Waals surface area contributed by atoms with Crippen LogP contribution in [0.5, 0.6) is 0 Å².